The van der Waals surface area contributed by atoms with Gasteiger partial charge in [-0.25, -0.2) is 4.39 Å². The third-order valence-corrected chi connectivity index (χ3v) is 3.85. The first-order valence-corrected chi connectivity index (χ1v) is 7.57. The average molecular weight is 318 g/mol. The molecule has 2 aromatic carbocycles. The number of amides is 2. The Balaban J connectivity index is 1.86. The Morgan fingerprint density at radius 2 is 1.68 bits per heavy atom. The monoisotopic (exact) mass is 318 g/mol. The van der Waals surface area contributed by atoms with E-state index in [0.29, 0.717) is 11.3 Å². The van der Waals surface area contributed by atoms with Gasteiger partial charge in [-0.05, 0) is 48.5 Å². The molecule has 6 heteroatoms. The van der Waals surface area contributed by atoms with Crippen LogP contribution in [0.4, 0.5) is 10.1 Å². The third-order valence-electron chi connectivity index (χ3n) is 2.84. The standard InChI is InChI=1S/C16H15FN2O2S/c1-18-16(21)11-2-6-13(7-3-11)19-15(20)10-22-14-8-4-12(17)5-9-14/h2-9H,10H2,1H3,(H,18,21)(H,19,20). The summed E-state index contributed by atoms with van der Waals surface area (Å²) < 4.78 is 12.8. The van der Waals surface area contributed by atoms with Crippen molar-refractivity contribution in [3.05, 3.63) is 59.9 Å². The van der Waals surface area contributed by atoms with Crippen LogP contribution in [-0.4, -0.2) is 24.6 Å². The molecule has 0 radical (unpaired) electrons. The summed E-state index contributed by atoms with van der Waals surface area (Å²) in [4.78, 5) is 24.1. The Bertz CT molecular complexity index is 657. The second-order valence-corrected chi connectivity index (χ2v) is 5.50. The number of carbonyl (C=O) groups is 2. The van der Waals surface area contributed by atoms with Gasteiger partial charge in [0.1, 0.15) is 5.82 Å². The Kier molecular flexibility index (Phi) is 5.55. The molecule has 2 N–H and O–H groups in total. The van der Waals surface area contributed by atoms with E-state index in [-0.39, 0.29) is 23.4 Å². The molecule has 2 rings (SSSR count). The van der Waals surface area contributed by atoms with Crippen molar-refractivity contribution in [2.45, 2.75) is 4.90 Å². The zero-order valence-electron chi connectivity index (χ0n) is 11.9. The molecule has 0 bridgehead atoms. The zero-order chi connectivity index (χ0) is 15.9. The highest BCUT2D eigenvalue weighted by atomic mass is 32.2. The van der Waals surface area contributed by atoms with Crippen LogP contribution in [0.3, 0.4) is 0 Å². The predicted octanol–water partition coefficient (Wildman–Crippen LogP) is 2.92. The van der Waals surface area contributed by atoms with Crippen LogP contribution in [0, 0.1) is 5.82 Å². The van der Waals surface area contributed by atoms with Gasteiger partial charge in [0.25, 0.3) is 5.91 Å². The van der Waals surface area contributed by atoms with Crippen LogP contribution < -0.4 is 10.6 Å². The van der Waals surface area contributed by atoms with Crippen molar-refractivity contribution in [3.8, 4) is 0 Å². The molecule has 114 valence electrons. The number of hydrogen-bond acceptors (Lipinski definition) is 3. The van der Waals surface area contributed by atoms with Gasteiger partial charge in [-0.1, -0.05) is 0 Å². The number of hydrogen-bond donors (Lipinski definition) is 2. The minimum Gasteiger partial charge on any atom is -0.355 e. The maximum Gasteiger partial charge on any atom is 0.251 e. The fraction of sp³-hybridized carbons (Fsp3) is 0.125. The van der Waals surface area contributed by atoms with E-state index in [2.05, 4.69) is 10.6 Å². The summed E-state index contributed by atoms with van der Waals surface area (Å²) in [5, 5.41) is 5.27. The molecule has 0 unspecified atom stereocenters. The predicted molar refractivity (Wildman–Crippen MR) is 85.6 cm³/mol. The molecule has 0 spiro atoms. The molecule has 0 fully saturated rings. The molecule has 0 heterocycles. The summed E-state index contributed by atoms with van der Waals surface area (Å²) >= 11 is 1.33. The van der Waals surface area contributed by atoms with Gasteiger partial charge in [0.05, 0.1) is 5.75 Å². The van der Waals surface area contributed by atoms with Crippen LogP contribution in [0.5, 0.6) is 0 Å². The van der Waals surface area contributed by atoms with E-state index in [1.807, 2.05) is 0 Å². The normalized spacial score (nSPS) is 10.1. The molecule has 0 aliphatic rings. The lowest BCUT2D eigenvalue weighted by atomic mass is 10.2. The summed E-state index contributed by atoms with van der Waals surface area (Å²) in [7, 11) is 1.56. The Morgan fingerprint density at radius 1 is 1.05 bits per heavy atom. The van der Waals surface area contributed by atoms with E-state index in [0.717, 1.165) is 4.90 Å². The van der Waals surface area contributed by atoms with Gasteiger partial charge in [-0.15, -0.1) is 11.8 Å². The fourth-order valence-corrected chi connectivity index (χ4v) is 2.42. The number of halogens is 1. The summed E-state index contributed by atoms with van der Waals surface area (Å²) in [5.41, 5.74) is 1.15. The topological polar surface area (TPSA) is 58.2 Å². The van der Waals surface area contributed by atoms with Gasteiger partial charge in [-0.3, -0.25) is 9.59 Å². The van der Waals surface area contributed by atoms with Gasteiger partial charge in [0.15, 0.2) is 0 Å². The molecule has 0 aliphatic carbocycles. The maximum atomic E-state index is 12.8. The summed E-state index contributed by atoms with van der Waals surface area (Å²) in [5.74, 6) is -0.417. The average Bonchev–Trinajstić information content (AvgIpc) is 2.54. The smallest absolute Gasteiger partial charge is 0.251 e. The highest BCUT2D eigenvalue weighted by molar-refractivity contribution is 8.00. The minimum absolute atomic E-state index is 0.165. The van der Waals surface area contributed by atoms with Crippen molar-refractivity contribution in [1.29, 1.82) is 0 Å². The van der Waals surface area contributed by atoms with Gasteiger partial charge < -0.3 is 10.6 Å². The molecular formula is C16H15FN2O2S. The van der Waals surface area contributed by atoms with E-state index in [4.69, 9.17) is 0 Å². The van der Waals surface area contributed by atoms with Crippen LogP contribution in [0.15, 0.2) is 53.4 Å². The van der Waals surface area contributed by atoms with E-state index >= 15 is 0 Å². The lowest BCUT2D eigenvalue weighted by Gasteiger charge is -2.06. The number of rotatable bonds is 5. The number of anilines is 1. The van der Waals surface area contributed by atoms with E-state index in [9.17, 15) is 14.0 Å². The van der Waals surface area contributed by atoms with Gasteiger partial charge in [-0.2, -0.15) is 0 Å². The summed E-state index contributed by atoms with van der Waals surface area (Å²) in [6, 6.07) is 12.6. The molecule has 0 saturated carbocycles. The maximum absolute atomic E-state index is 12.8. The zero-order valence-corrected chi connectivity index (χ0v) is 12.7. The van der Waals surface area contributed by atoms with Crippen molar-refractivity contribution in [1.82, 2.24) is 5.32 Å². The van der Waals surface area contributed by atoms with Crippen molar-refractivity contribution in [2.75, 3.05) is 18.1 Å². The van der Waals surface area contributed by atoms with Crippen LogP contribution in [0.2, 0.25) is 0 Å². The van der Waals surface area contributed by atoms with E-state index < -0.39 is 0 Å². The van der Waals surface area contributed by atoms with Crippen LogP contribution in [0.25, 0.3) is 0 Å². The fourth-order valence-electron chi connectivity index (χ4n) is 1.73. The number of carbonyl (C=O) groups excluding carboxylic acids is 2. The molecule has 22 heavy (non-hydrogen) atoms. The third kappa shape index (κ3) is 4.60. The van der Waals surface area contributed by atoms with Gasteiger partial charge in [0, 0.05) is 23.2 Å². The summed E-state index contributed by atoms with van der Waals surface area (Å²) in [6.45, 7) is 0. The number of benzene rings is 2. The first-order valence-electron chi connectivity index (χ1n) is 6.59. The van der Waals surface area contributed by atoms with Crippen LogP contribution in [-0.2, 0) is 4.79 Å². The molecule has 0 aliphatic heterocycles. The first kappa shape index (κ1) is 16.0. The van der Waals surface area contributed by atoms with Crippen molar-refractivity contribution in [2.24, 2.45) is 0 Å². The van der Waals surface area contributed by atoms with Crippen LogP contribution in [0.1, 0.15) is 10.4 Å². The second-order valence-electron chi connectivity index (χ2n) is 4.45. The van der Waals surface area contributed by atoms with Gasteiger partial charge in [0.2, 0.25) is 5.91 Å². The Morgan fingerprint density at radius 3 is 2.27 bits per heavy atom. The van der Waals surface area contributed by atoms with Crippen molar-refractivity contribution >= 4 is 29.3 Å². The van der Waals surface area contributed by atoms with E-state index in [1.54, 1.807) is 43.4 Å². The van der Waals surface area contributed by atoms with Crippen LogP contribution >= 0.6 is 11.8 Å². The Hall–Kier alpha value is -2.34. The molecule has 2 aromatic rings. The van der Waals surface area contributed by atoms with Gasteiger partial charge >= 0.3 is 0 Å². The first-order chi connectivity index (χ1) is 10.6. The van der Waals surface area contributed by atoms with E-state index in [1.165, 1.54) is 23.9 Å². The molecule has 0 saturated heterocycles. The second kappa shape index (κ2) is 7.61. The molecule has 4 nitrogen and oxygen atoms in total. The van der Waals surface area contributed by atoms with Crippen molar-refractivity contribution < 1.29 is 14.0 Å². The molecule has 0 atom stereocenters. The lowest BCUT2D eigenvalue weighted by Crippen LogP contribution is -2.18. The molecule has 0 aromatic heterocycles. The Labute approximate surface area is 132 Å². The minimum atomic E-state index is -0.301. The quantitative estimate of drug-likeness (QED) is 0.834. The van der Waals surface area contributed by atoms with Crippen molar-refractivity contribution in [3.63, 3.8) is 0 Å². The molecular weight excluding hydrogens is 303 g/mol. The highest BCUT2D eigenvalue weighted by Gasteiger charge is 2.06. The summed E-state index contributed by atoms with van der Waals surface area (Å²) in [6.07, 6.45) is 0. The number of thioether (sulfide) groups is 1. The largest absolute Gasteiger partial charge is 0.355 e. The lowest BCUT2D eigenvalue weighted by molar-refractivity contribution is -0.113. The molecule has 2 amide bonds. The highest BCUT2D eigenvalue weighted by Crippen LogP contribution is 2.18. The SMILES string of the molecule is CNC(=O)c1ccc(NC(=O)CSc2ccc(F)cc2)cc1. The number of nitrogens with one attached hydrogen (secondary N) is 2.